The molecule has 0 aliphatic heterocycles. The van der Waals surface area contributed by atoms with Crippen LogP contribution in [0.15, 0.2) is 54.9 Å². The number of aryl methyl sites for hydroxylation is 1. The number of phenols is 1. The maximum Gasteiger partial charge on any atom is 0.204 e. The molecule has 0 atom stereocenters. The van der Waals surface area contributed by atoms with E-state index in [4.69, 9.17) is 0 Å². The van der Waals surface area contributed by atoms with Gasteiger partial charge in [-0.3, -0.25) is 4.98 Å². The Morgan fingerprint density at radius 2 is 1.90 bits per heavy atom. The maximum atomic E-state index is 9.83. The highest BCUT2D eigenvalue weighted by molar-refractivity contribution is 5.93. The number of aromatic nitrogens is 2. The molecule has 0 spiro atoms. The van der Waals surface area contributed by atoms with Crippen molar-refractivity contribution in [1.82, 2.24) is 4.98 Å². The smallest absolute Gasteiger partial charge is 0.204 e. The average molecular weight is 390 g/mol. The zero-order chi connectivity index (χ0) is 13.9. The molecule has 0 aliphatic carbocycles. The standard InChI is InChI=1S/C17H14N2O.HI/c1-19-12-3-2-5-14(19)9-8-13-10-11-18-17-15(13)6-4-7-16(17)20;/h2-12H,1H3;1H. The lowest BCUT2D eigenvalue weighted by Gasteiger charge is -2.02. The van der Waals surface area contributed by atoms with Crippen molar-refractivity contribution >= 4 is 23.1 Å². The molecule has 106 valence electrons. The van der Waals surface area contributed by atoms with E-state index >= 15 is 0 Å². The first-order chi connectivity index (χ1) is 9.75. The summed E-state index contributed by atoms with van der Waals surface area (Å²) in [5.74, 6) is 0.211. The SMILES string of the molecule is C[n+]1ccccc1/C=C/c1ccnc2c(O)cccc12.[I-]. The Labute approximate surface area is 140 Å². The van der Waals surface area contributed by atoms with Gasteiger partial charge in [0.2, 0.25) is 5.69 Å². The van der Waals surface area contributed by atoms with E-state index in [0.717, 1.165) is 16.6 Å². The second kappa shape index (κ2) is 6.67. The van der Waals surface area contributed by atoms with E-state index in [9.17, 15) is 5.11 Å². The maximum absolute atomic E-state index is 9.83. The first-order valence-corrected chi connectivity index (χ1v) is 6.45. The van der Waals surface area contributed by atoms with Crippen LogP contribution in [-0.2, 0) is 7.05 Å². The van der Waals surface area contributed by atoms with Crippen LogP contribution in [-0.4, -0.2) is 10.1 Å². The van der Waals surface area contributed by atoms with Gasteiger partial charge in [0.05, 0.1) is 0 Å². The Balaban J connectivity index is 0.00000161. The predicted octanol–water partition coefficient (Wildman–Crippen LogP) is -0.0607. The Morgan fingerprint density at radius 3 is 2.71 bits per heavy atom. The first kappa shape index (κ1) is 15.4. The summed E-state index contributed by atoms with van der Waals surface area (Å²) in [6.45, 7) is 0. The summed E-state index contributed by atoms with van der Waals surface area (Å²) in [6, 6.07) is 13.5. The number of fused-ring (bicyclic) bond motifs is 1. The van der Waals surface area contributed by atoms with Gasteiger partial charge in [-0.1, -0.05) is 12.1 Å². The summed E-state index contributed by atoms with van der Waals surface area (Å²) in [5, 5.41) is 10.8. The highest BCUT2D eigenvalue weighted by atomic mass is 127. The molecular formula is C17H15IN2O. The third kappa shape index (κ3) is 3.21. The fourth-order valence-corrected chi connectivity index (χ4v) is 2.21. The molecule has 1 N–H and O–H groups in total. The zero-order valence-electron chi connectivity index (χ0n) is 11.6. The second-order valence-corrected chi connectivity index (χ2v) is 4.64. The molecule has 0 fully saturated rings. The van der Waals surface area contributed by atoms with Gasteiger partial charge in [-0.25, -0.2) is 4.57 Å². The minimum Gasteiger partial charge on any atom is -1.00 e. The van der Waals surface area contributed by atoms with Crippen LogP contribution in [0.3, 0.4) is 0 Å². The van der Waals surface area contributed by atoms with Crippen molar-refractivity contribution in [2.45, 2.75) is 0 Å². The van der Waals surface area contributed by atoms with Gasteiger partial charge < -0.3 is 29.1 Å². The number of phenolic OH excluding ortho intramolecular Hbond substituents is 1. The molecule has 4 heteroatoms. The lowest BCUT2D eigenvalue weighted by Crippen LogP contribution is -3.00. The van der Waals surface area contributed by atoms with Crippen LogP contribution in [0.5, 0.6) is 5.75 Å². The Hall–Kier alpha value is -1.95. The van der Waals surface area contributed by atoms with Crippen LogP contribution in [0.1, 0.15) is 11.3 Å². The van der Waals surface area contributed by atoms with Crippen LogP contribution in [0.25, 0.3) is 23.1 Å². The van der Waals surface area contributed by atoms with Gasteiger partial charge in [-0.15, -0.1) is 0 Å². The highest BCUT2D eigenvalue weighted by Gasteiger charge is 2.04. The summed E-state index contributed by atoms with van der Waals surface area (Å²) in [5.41, 5.74) is 2.78. The van der Waals surface area contributed by atoms with Crippen molar-refractivity contribution in [3.63, 3.8) is 0 Å². The largest absolute Gasteiger partial charge is 1.00 e. The summed E-state index contributed by atoms with van der Waals surface area (Å²) in [6.07, 6.45) is 7.82. The van der Waals surface area contributed by atoms with Gasteiger partial charge in [-0.05, 0) is 29.8 Å². The number of aromatic hydroxyl groups is 1. The molecule has 0 radical (unpaired) electrons. The van der Waals surface area contributed by atoms with Crippen molar-refractivity contribution in [1.29, 1.82) is 0 Å². The lowest BCUT2D eigenvalue weighted by molar-refractivity contribution is -0.673. The van der Waals surface area contributed by atoms with Crippen molar-refractivity contribution in [3.05, 3.63) is 66.1 Å². The van der Waals surface area contributed by atoms with E-state index in [1.54, 1.807) is 12.3 Å². The topological polar surface area (TPSA) is 37.0 Å². The summed E-state index contributed by atoms with van der Waals surface area (Å²) in [4.78, 5) is 4.22. The number of hydrogen-bond donors (Lipinski definition) is 1. The summed E-state index contributed by atoms with van der Waals surface area (Å²) >= 11 is 0. The van der Waals surface area contributed by atoms with Gasteiger partial charge in [0.1, 0.15) is 18.3 Å². The zero-order valence-corrected chi connectivity index (χ0v) is 13.7. The monoisotopic (exact) mass is 390 g/mol. The molecule has 2 heterocycles. The van der Waals surface area contributed by atoms with E-state index in [0.29, 0.717) is 5.52 Å². The van der Waals surface area contributed by atoms with Crippen molar-refractivity contribution < 1.29 is 33.7 Å². The highest BCUT2D eigenvalue weighted by Crippen LogP contribution is 2.25. The Morgan fingerprint density at radius 1 is 1.05 bits per heavy atom. The molecule has 0 aliphatic rings. The van der Waals surface area contributed by atoms with Crippen molar-refractivity contribution in [3.8, 4) is 5.75 Å². The molecular weight excluding hydrogens is 375 g/mol. The van der Waals surface area contributed by atoms with Gasteiger partial charge in [0, 0.05) is 29.8 Å². The molecule has 0 unspecified atom stereocenters. The molecule has 1 aromatic carbocycles. The normalized spacial score (nSPS) is 10.7. The minimum absolute atomic E-state index is 0. The van der Waals surface area contributed by atoms with E-state index < -0.39 is 0 Å². The molecule has 0 saturated carbocycles. The lowest BCUT2D eigenvalue weighted by atomic mass is 10.1. The van der Waals surface area contributed by atoms with E-state index in [-0.39, 0.29) is 29.7 Å². The van der Waals surface area contributed by atoms with E-state index in [1.165, 1.54) is 0 Å². The predicted molar refractivity (Wildman–Crippen MR) is 80.0 cm³/mol. The molecule has 0 amide bonds. The number of nitrogens with zero attached hydrogens (tertiary/aromatic N) is 2. The number of para-hydroxylation sites is 1. The fraction of sp³-hybridized carbons (Fsp3) is 0.0588. The molecule has 2 aromatic heterocycles. The van der Waals surface area contributed by atoms with Crippen molar-refractivity contribution in [2.75, 3.05) is 0 Å². The molecule has 3 aromatic rings. The number of hydrogen-bond acceptors (Lipinski definition) is 2. The summed E-state index contributed by atoms with van der Waals surface area (Å²) in [7, 11) is 2.01. The molecule has 0 saturated heterocycles. The number of rotatable bonds is 2. The van der Waals surface area contributed by atoms with Crippen molar-refractivity contribution in [2.24, 2.45) is 7.05 Å². The van der Waals surface area contributed by atoms with Gasteiger partial charge >= 0.3 is 0 Å². The third-order valence-corrected chi connectivity index (χ3v) is 3.31. The minimum atomic E-state index is 0. The van der Waals surface area contributed by atoms with Crippen LogP contribution in [0, 0.1) is 0 Å². The Kier molecular flexibility index (Phi) is 4.90. The van der Waals surface area contributed by atoms with E-state index in [2.05, 4.69) is 21.7 Å². The number of halogens is 1. The molecule has 3 rings (SSSR count). The van der Waals surface area contributed by atoms with Crippen LogP contribution in [0.2, 0.25) is 0 Å². The Bertz CT molecular complexity index is 800. The fourth-order valence-electron chi connectivity index (χ4n) is 2.21. The second-order valence-electron chi connectivity index (χ2n) is 4.64. The molecule has 0 bridgehead atoms. The van der Waals surface area contributed by atoms with Gasteiger partial charge in [0.25, 0.3) is 0 Å². The quantitative estimate of drug-likeness (QED) is 0.492. The van der Waals surface area contributed by atoms with E-state index in [1.807, 2.05) is 49.7 Å². The van der Waals surface area contributed by atoms with Crippen LogP contribution < -0.4 is 28.5 Å². The molecule has 3 nitrogen and oxygen atoms in total. The molecule has 21 heavy (non-hydrogen) atoms. The first-order valence-electron chi connectivity index (χ1n) is 6.45. The average Bonchev–Trinajstić information content (AvgIpc) is 2.47. The number of pyridine rings is 2. The number of benzene rings is 1. The van der Waals surface area contributed by atoms with Crippen LogP contribution >= 0.6 is 0 Å². The van der Waals surface area contributed by atoms with Gasteiger partial charge in [-0.2, -0.15) is 0 Å². The van der Waals surface area contributed by atoms with Crippen LogP contribution in [0.4, 0.5) is 0 Å². The van der Waals surface area contributed by atoms with Gasteiger partial charge in [0.15, 0.2) is 6.20 Å². The summed E-state index contributed by atoms with van der Waals surface area (Å²) < 4.78 is 2.05. The third-order valence-electron chi connectivity index (χ3n) is 3.31.